The number of unbranched alkanes of at least 4 members (excludes halogenated alkanes) is 1. The molecule has 1 aliphatic rings. The van der Waals surface area contributed by atoms with Crippen molar-refractivity contribution in [2.75, 3.05) is 13.2 Å². The smallest absolute Gasteiger partial charge is 0.319 e. The summed E-state index contributed by atoms with van der Waals surface area (Å²) in [5.74, 6) is -0.524. The van der Waals surface area contributed by atoms with Crippen molar-refractivity contribution in [2.45, 2.75) is 32.6 Å². The number of aryl methyl sites for hydroxylation is 1. The first-order valence-electron chi connectivity index (χ1n) is 7.26. The second kappa shape index (κ2) is 6.61. The van der Waals surface area contributed by atoms with E-state index in [1.54, 1.807) is 0 Å². The van der Waals surface area contributed by atoms with Crippen LogP contribution in [0.5, 0.6) is 5.75 Å². The average molecular weight is 291 g/mol. The van der Waals surface area contributed by atoms with Gasteiger partial charge >= 0.3 is 5.97 Å². The van der Waals surface area contributed by atoms with Gasteiger partial charge < -0.3 is 15.2 Å². The monoisotopic (exact) mass is 291 g/mol. The summed E-state index contributed by atoms with van der Waals surface area (Å²) in [5.41, 5.74) is 0.0517. The van der Waals surface area contributed by atoms with E-state index in [1.165, 1.54) is 5.56 Å². The van der Waals surface area contributed by atoms with Gasteiger partial charge in [-0.05, 0) is 44.7 Å². The fourth-order valence-corrected chi connectivity index (χ4v) is 2.09. The number of amides is 1. The molecule has 1 amide bonds. The van der Waals surface area contributed by atoms with Crippen LogP contribution in [0.3, 0.4) is 0 Å². The highest BCUT2D eigenvalue weighted by molar-refractivity contribution is 6.04. The fraction of sp³-hybridized carbons (Fsp3) is 0.500. The summed E-state index contributed by atoms with van der Waals surface area (Å²) >= 11 is 0. The fourth-order valence-electron chi connectivity index (χ4n) is 2.09. The summed E-state index contributed by atoms with van der Waals surface area (Å²) in [5, 5.41) is 11.7. The minimum Gasteiger partial charge on any atom is -0.494 e. The molecule has 1 fully saturated rings. The van der Waals surface area contributed by atoms with Crippen LogP contribution in [0.1, 0.15) is 31.2 Å². The number of hydrogen-bond donors (Lipinski definition) is 2. The lowest BCUT2D eigenvalue weighted by molar-refractivity contribution is -0.149. The summed E-state index contributed by atoms with van der Waals surface area (Å²) in [4.78, 5) is 22.7. The second-order valence-corrected chi connectivity index (χ2v) is 5.51. The van der Waals surface area contributed by atoms with Crippen LogP contribution in [0.2, 0.25) is 0 Å². The number of carbonyl (C=O) groups excluding carboxylic acids is 1. The third-order valence-electron chi connectivity index (χ3n) is 3.74. The summed E-state index contributed by atoms with van der Waals surface area (Å²) in [6.45, 7) is 3.10. The van der Waals surface area contributed by atoms with E-state index < -0.39 is 11.4 Å². The zero-order valence-corrected chi connectivity index (χ0v) is 12.2. The van der Waals surface area contributed by atoms with Crippen molar-refractivity contribution in [2.24, 2.45) is 5.41 Å². The van der Waals surface area contributed by atoms with Crippen LogP contribution in [0.25, 0.3) is 0 Å². The molecule has 2 N–H and O–H groups in total. The molecule has 0 aromatic heterocycles. The molecule has 1 aromatic rings. The van der Waals surface area contributed by atoms with Crippen LogP contribution in [0.4, 0.5) is 0 Å². The Morgan fingerprint density at radius 1 is 1.24 bits per heavy atom. The Kier molecular flexibility index (Phi) is 4.83. The van der Waals surface area contributed by atoms with Crippen molar-refractivity contribution < 1.29 is 19.4 Å². The standard InChI is InChI=1S/C16H21NO4/c1-12-4-6-13(7-5-12)21-11-3-2-10-17-14(18)16(8-9-16)15(19)20/h4-7H,2-3,8-11H2,1H3,(H,17,18)(H,19,20). The number of hydrogen-bond acceptors (Lipinski definition) is 3. The molecule has 0 radical (unpaired) electrons. The Morgan fingerprint density at radius 2 is 1.90 bits per heavy atom. The van der Waals surface area contributed by atoms with Gasteiger partial charge in [0.2, 0.25) is 5.91 Å². The average Bonchev–Trinajstić information content (AvgIpc) is 3.26. The highest BCUT2D eigenvalue weighted by atomic mass is 16.5. The van der Waals surface area contributed by atoms with Crippen molar-refractivity contribution in [3.05, 3.63) is 29.8 Å². The summed E-state index contributed by atoms with van der Waals surface area (Å²) in [7, 11) is 0. The molecule has 0 heterocycles. The first kappa shape index (κ1) is 15.4. The van der Waals surface area contributed by atoms with E-state index in [1.807, 2.05) is 31.2 Å². The maximum absolute atomic E-state index is 11.7. The predicted molar refractivity (Wildman–Crippen MR) is 78.2 cm³/mol. The molecule has 21 heavy (non-hydrogen) atoms. The van der Waals surface area contributed by atoms with Crippen LogP contribution >= 0.6 is 0 Å². The Bertz CT molecular complexity index is 506. The van der Waals surface area contributed by atoms with Crippen LogP contribution in [0.15, 0.2) is 24.3 Å². The van der Waals surface area contributed by atoms with E-state index in [0.29, 0.717) is 26.0 Å². The highest BCUT2D eigenvalue weighted by Crippen LogP contribution is 2.46. The highest BCUT2D eigenvalue weighted by Gasteiger charge is 2.56. The van der Waals surface area contributed by atoms with E-state index in [9.17, 15) is 9.59 Å². The molecule has 114 valence electrons. The first-order chi connectivity index (χ1) is 10.0. The Morgan fingerprint density at radius 3 is 2.48 bits per heavy atom. The zero-order chi connectivity index (χ0) is 15.3. The van der Waals surface area contributed by atoms with E-state index in [0.717, 1.165) is 18.6 Å². The van der Waals surface area contributed by atoms with Crippen LogP contribution in [-0.4, -0.2) is 30.1 Å². The van der Waals surface area contributed by atoms with Gasteiger partial charge in [-0.2, -0.15) is 0 Å². The van der Waals surface area contributed by atoms with Gasteiger partial charge in [0, 0.05) is 6.54 Å². The number of aliphatic carboxylic acids is 1. The number of benzene rings is 1. The van der Waals surface area contributed by atoms with Gasteiger partial charge in [-0.3, -0.25) is 9.59 Å². The maximum Gasteiger partial charge on any atom is 0.319 e. The Balaban J connectivity index is 1.57. The van der Waals surface area contributed by atoms with Gasteiger partial charge in [-0.25, -0.2) is 0 Å². The zero-order valence-electron chi connectivity index (χ0n) is 12.2. The molecule has 0 spiro atoms. The lowest BCUT2D eigenvalue weighted by Crippen LogP contribution is -2.37. The third-order valence-corrected chi connectivity index (χ3v) is 3.74. The molecule has 0 bridgehead atoms. The molecule has 5 nitrogen and oxygen atoms in total. The Hall–Kier alpha value is -2.04. The molecule has 1 saturated carbocycles. The number of rotatable bonds is 8. The normalized spacial score (nSPS) is 15.3. The SMILES string of the molecule is Cc1ccc(OCCCCNC(=O)C2(C(=O)O)CC2)cc1. The van der Waals surface area contributed by atoms with Gasteiger partial charge in [0.15, 0.2) is 0 Å². The number of nitrogens with one attached hydrogen (secondary N) is 1. The number of carboxylic acid groups (broad SMARTS) is 1. The molecular formula is C16H21NO4. The molecule has 5 heteroatoms. The van der Waals surface area contributed by atoms with Gasteiger partial charge in [-0.1, -0.05) is 17.7 Å². The van der Waals surface area contributed by atoms with Gasteiger partial charge in [0.05, 0.1) is 6.61 Å². The lowest BCUT2D eigenvalue weighted by Gasteiger charge is -2.11. The van der Waals surface area contributed by atoms with Gasteiger partial charge in [0.1, 0.15) is 11.2 Å². The van der Waals surface area contributed by atoms with E-state index in [-0.39, 0.29) is 5.91 Å². The number of carboxylic acids is 1. The summed E-state index contributed by atoms with van der Waals surface area (Å²) in [6.07, 6.45) is 2.48. The number of ether oxygens (including phenoxy) is 1. The van der Waals surface area contributed by atoms with Crippen LogP contribution in [-0.2, 0) is 9.59 Å². The van der Waals surface area contributed by atoms with Gasteiger partial charge in [-0.15, -0.1) is 0 Å². The molecule has 1 aromatic carbocycles. The van der Waals surface area contributed by atoms with E-state index in [2.05, 4.69) is 5.32 Å². The molecule has 0 aliphatic heterocycles. The minimum atomic E-state index is -1.14. The molecule has 1 aliphatic carbocycles. The van der Waals surface area contributed by atoms with Crippen LogP contribution in [0, 0.1) is 12.3 Å². The number of carbonyl (C=O) groups is 2. The topological polar surface area (TPSA) is 75.6 Å². The van der Waals surface area contributed by atoms with Crippen molar-refractivity contribution in [1.29, 1.82) is 0 Å². The maximum atomic E-state index is 11.7. The molecule has 0 unspecified atom stereocenters. The second-order valence-electron chi connectivity index (χ2n) is 5.51. The molecule has 2 rings (SSSR count). The molecule has 0 saturated heterocycles. The van der Waals surface area contributed by atoms with E-state index in [4.69, 9.17) is 9.84 Å². The van der Waals surface area contributed by atoms with Crippen molar-refractivity contribution in [3.63, 3.8) is 0 Å². The van der Waals surface area contributed by atoms with Crippen molar-refractivity contribution in [1.82, 2.24) is 5.32 Å². The van der Waals surface area contributed by atoms with E-state index >= 15 is 0 Å². The quantitative estimate of drug-likeness (QED) is 0.568. The largest absolute Gasteiger partial charge is 0.494 e. The first-order valence-corrected chi connectivity index (χ1v) is 7.26. The van der Waals surface area contributed by atoms with Gasteiger partial charge in [0.25, 0.3) is 0 Å². The van der Waals surface area contributed by atoms with Crippen molar-refractivity contribution in [3.8, 4) is 5.75 Å². The summed E-state index contributed by atoms with van der Waals surface area (Å²) < 4.78 is 5.58. The third kappa shape index (κ3) is 3.97. The molecular weight excluding hydrogens is 270 g/mol. The summed E-state index contributed by atoms with van der Waals surface area (Å²) in [6, 6.07) is 7.86. The predicted octanol–water partition coefficient (Wildman–Crippen LogP) is 2.14. The molecule has 0 atom stereocenters. The lowest BCUT2D eigenvalue weighted by atomic mass is 10.1. The Labute approximate surface area is 124 Å². The van der Waals surface area contributed by atoms with Crippen LogP contribution < -0.4 is 10.1 Å². The van der Waals surface area contributed by atoms with Crippen molar-refractivity contribution >= 4 is 11.9 Å². The minimum absolute atomic E-state index is 0.352.